The first-order valence-corrected chi connectivity index (χ1v) is 13.1. The number of nitrogens with one attached hydrogen (secondary N) is 2. The van der Waals surface area contributed by atoms with Crippen LogP contribution in [-0.2, 0) is 23.4 Å². The first kappa shape index (κ1) is 28.6. The Morgan fingerprint density at radius 1 is 1.33 bits per heavy atom. The zero-order chi connectivity index (χ0) is 28.6. The second-order valence-electron chi connectivity index (χ2n) is 8.86. The number of imidazole rings is 1. The molecule has 2 aromatic heterocycles. The van der Waals surface area contributed by atoms with Crippen molar-refractivity contribution in [3.63, 3.8) is 0 Å². The Morgan fingerprint density at radius 3 is 2.67 bits per heavy atom. The molecular formula is C22H28F2N7O7P. The lowest BCUT2D eigenvalue weighted by Crippen LogP contribution is -2.47. The van der Waals surface area contributed by atoms with E-state index in [2.05, 4.69) is 30.1 Å². The fourth-order valence-electron chi connectivity index (χ4n) is 3.99. The van der Waals surface area contributed by atoms with Crippen molar-refractivity contribution in [2.45, 2.75) is 43.7 Å². The van der Waals surface area contributed by atoms with Crippen molar-refractivity contribution in [1.29, 1.82) is 0 Å². The van der Waals surface area contributed by atoms with Crippen LogP contribution in [-0.4, -0.2) is 75.0 Å². The van der Waals surface area contributed by atoms with Crippen LogP contribution < -0.4 is 20.7 Å². The smallest absolute Gasteiger partial charge is 0.459 e. The first-order chi connectivity index (χ1) is 18.3. The van der Waals surface area contributed by atoms with Crippen LogP contribution in [0.3, 0.4) is 0 Å². The number of esters is 1. The molecule has 0 unspecified atom stereocenters. The number of nitrogen functional groups attached to an aromatic ring is 1. The molecule has 0 saturated carbocycles. The van der Waals surface area contributed by atoms with Gasteiger partial charge in [0.05, 0.1) is 13.4 Å². The Hall–Kier alpha value is -3.43. The summed E-state index contributed by atoms with van der Waals surface area (Å²) in [5.74, 6) is -3.93. The van der Waals surface area contributed by atoms with Gasteiger partial charge in [0.15, 0.2) is 35.0 Å². The largest absolute Gasteiger partial charge is 0.468 e. The molecule has 0 amide bonds. The predicted molar refractivity (Wildman–Crippen MR) is 134 cm³/mol. The molecular weight excluding hydrogens is 543 g/mol. The minimum Gasteiger partial charge on any atom is -0.468 e. The van der Waals surface area contributed by atoms with Gasteiger partial charge in [0.1, 0.15) is 18.4 Å². The highest BCUT2D eigenvalue weighted by molar-refractivity contribution is 7.52. The van der Waals surface area contributed by atoms with Crippen LogP contribution in [0.15, 0.2) is 36.7 Å². The number of hydrogen-bond acceptors (Lipinski definition) is 12. The summed E-state index contributed by atoms with van der Waals surface area (Å²) in [7, 11) is -1.86. The van der Waals surface area contributed by atoms with E-state index in [9.17, 15) is 14.5 Å². The minimum atomic E-state index is -4.53. The summed E-state index contributed by atoms with van der Waals surface area (Å²) >= 11 is 0. The minimum absolute atomic E-state index is 0.00439. The first-order valence-electron chi connectivity index (χ1n) is 11.6. The number of fused-ring (bicyclic) bond motifs is 1. The zero-order valence-electron chi connectivity index (χ0n) is 21.4. The van der Waals surface area contributed by atoms with E-state index in [1.807, 2.05) is 0 Å². The maximum Gasteiger partial charge on any atom is 0.459 e. The average molecular weight is 571 g/mol. The molecule has 0 spiro atoms. The quantitative estimate of drug-likeness (QED) is 0.205. The van der Waals surface area contributed by atoms with Crippen LogP contribution in [0.4, 0.5) is 20.5 Å². The third-order valence-electron chi connectivity index (χ3n) is 5.97. The molecule has 1 fully saturated rings. The van der Waals surface area contributed by atoms with Gasteiger partial charge in [0.2, 0.25) is 5.95 Å². The number of anilines is 2. The number of ether oxygens (including phenoxy) is 2. The molecule has 5 N–H and O–H groups in total. The number of carbonyl (C=O) groups is 1. The summed E-state index contributed by atoms with van der Waals surface area (Å²) in [6.07, 6.45) is -3.11. The topological polar surface area (TPSA) is 185 Å². The summed E-state index contributed by atoms with van der Waals surface area (Å²) in [6.45, 7) is 0.964. The molecule has 17 heteroatoms. The molecule has 0 radical (unpaired) electrons. The number of nitrogens with zero attached hydrogens (tertiary/aromatic N) is 4. The second kappa shape index (κ2) is 10.6. The number of nitrogens with two attached hydrogens (primary N) is 1. The molecule has 1 aliphatic heterocycles. The lowest BCUT2D eigenvalue weighted by atomic mass is 9.97. The van der Waals surface area contributed by atoms with Crippen molar-refractivity contribution in [3.8, 4) is 5.75 Å². The Balaban J connectivity index is 1.62. The molecule has 0 bridgehead atoms. The van der Waals surface area contributed by atoms with E-state index in [0.29, 0.717) is 0 Å². The molecule has 212 valence electrons. The molecule has 1 aliphatic rings. The standard InChI is InChI=1S/C22H28F2N7O7P/c1-12(17(32)35-4)30-39(34,38-13-8-6-5-7-9-13)36-10-22(24)18(33)21(2,23)19(37-22)31-11-27-14-15(26-3)28-20(25)29-16(14)31/h5-9,11-12,18-19,33H,10H2,1-4H3,(H,30,34)(H3,25,26,28,29)/t12-,18-,19+,21+,22+,39+/m0/s1. The number of rotatable bonds is 10. The Morgan fingerprint density at radius 2 is 2.03 bits per heavy atom. The van der Waals surface area contributed by atoms with E-state index in [1.165, 1.54) is 19.1 Å². The SMILES string of the molecule is CNc1nc(N)nc2c1ncn2[C@@H]1O[C@](F)(CO[P@](=O)(N[C@@H](C)C(=O)OC)Oc2ccccc2)[C@@H](O)[C@@]1(C)F. The van der Waals surface area contributed by atoms with Crippen LogP contribution in [0.25, 0.3) is 11.2 Å². The fraction of sp³-hybridized carbons (Fsp3) is 0.455. The van der Waals surface area contributed by atoms with Gasteiger partial charge in [-0.15, -0.1) is 0 Å². The predicted octanol–water partition coefficient (Wildman–Crippen LogP) is 2.09. The molecule has 3 heterocycles. The highest BCUT2D eigenvalue weighted by Gasteiger charge is 2.65. The van der Waals surface area contributed by atoms with Crippen LogP contribution in [0.2, 0.25) is 0 Å². The van der Waals surface area contributed by atoms with E-state index >= 15 is 8.78 Å². The molecule has 6 atom stereocenters. The maximum absolute atomic E-state index is 16.1. The van der Waals surface area contributed by atoms with Crippen molar-refractivity contribution >= 4 is 36.6 Å². The fourth-order valence-corrected chi connectivity index (χ4v) is 5.50. The van der Waals surface area contributed by atoms with Gasteiger partial charge >= 0.3 is 13.7 Å². The number of carbonyl (C=O) groups excluding carboxylic acids is 1. The van der Waals surface area contributed by atoms with Crippen molar-refractivity contribution < 1.29 is 41.8 Å². The lowest BCUT2D eigenvalue weighted by molar-refractivity contribution is -0.202. The molecule has 3 aromatic rings. The van der Waals surface area contributed by atoms with Crippen molar-refractivity contribution in [2.75, 3.05) is 31.8 Å². The molecule has 1 aromatic carbocycles. The Labute approximate surface area is 221 Å². The number of halogens is 2. The highest BCUT2D eigenvalue weighted by atomic mass is 31.2. The maximum atomic E-state index is 16.1. The van der Waals surface area contributed by atoms with Gasteiger partial charge < -0.3 is 30.2 Å². The summed E-state index contributed by atoms with van der Waals surface area (Å²) in [6, 6.07) is 6.50. The molecule has 1 saturated heterocycles. The second-order valence-corrected chi connectivity index (χ2v) is 10.6. The zero-order valence-corrected chi connectivity index (χ0v) is 22.3. The summed E-state index contributed by atoms with van der Waals surface area (Å²) in [4.78, 5) is 24.1. The molecule has 4 rings (SSSR count). The van der Waals surface area contributed by atoms with Gasteiger partial charge in [-0.3, -0.25) is 13.9 Å². The number of hydrogen-bond donors (Lipinski definition) is 4. The number of para-hydroxylation sites is 1. The number of aromatic nitrogens is 4. The normalized spacial score (nSPS) is 27.2. The lowest BCUT2D eigenvalue weighted by Gasteiger charge is -2.28. The number of methoxy groups -OCH3 is 1. The van der Waals surface area contributed by atoms with Gasteiger partial charge in [-0.2, -0.15) is 15.1 Å². The number of aliphatic hydroxyl groups is 1. The number of benzene rings is 1. The monoisotopic (exact) mass is 571 g/mol. The molecule has 0 aliphatic carbocycles. The summed E-state index contributed by atoms with van der Waals surface area (Å²) < 4.78 is 67.2. The van der Waals surface area contributed by atoms with Crippen molar-refractivity contribution in [2.24, 2.45) is 0 Å². The van der Waals surface area contributed by atoms with Crippen LogP contribution in [0, 0.1) is 0 Å². The van der Waals surface area contributed by atoms with Gasteiger partial charge in [-0.1, -0.05) is 18.2 Å². The van der Waals surface area contributed by atoms with Crippen molar-refractivity contribution in [1.82, 2.24) is 24.6 Å². The Kier molecular flexibility index (Phi) is 7.78. The number of alkyl halides is 2. The van der Waals surface area contributed by atoms with Crippen LogP contribution in [0.1, 0.15) is 20.1 Å². The van der Waals surface area contributed by atoms with Crippen molar-refractivity contribution in [3.05, 3.63) is 36.7 Å². The van der Waals surface area contributed by atoms with Crippen LogP contribution >= 0.6 is 7.75 Å². The summed E-state index contributed by atoms with van der Waals surface area (Å²) in [5, 5.41) is 15.8. The average Bonchev–Trinajstić information content (AvgIpc) is 3.39. The van der Waals surface area contributed by atoms with E-state index in [0.717, 1.165) is 24.9 Å². The van der Waals surface area contributed by atoms with Gasteiger partial charge in [0, 0.05) is 7.05 Å². The van der Waals surface area contributed by atoms with Gasteiger partial charge in [-0.05, 0) is 26.0 Å². The van der Waals surface area contributed by atoms with E-state index in [4.69, 9.17) is 19.5 Å². The van der Waals surface area contributed by atoms with Gasteiger partial charge in [0.25, 0.3) is 5.85 Å². The summed E-state index contributed by atoms with van der Waals surface area (Å²) in [5.41, 5.74) is 3.17. The molecule has 14 nitrogen and oxygen atoms in total. The van der Waals surface area contributed by atoms with E-state index in [1.54, 1.807) is 25.2 Å². The molecule has 39 heavy (non-hydrogen) atoms. The third kappa shape index (κ3) is 5.51. The Bertz CT molecular complexity index is 1400. The van der Waals surface area contributed by atoms with E-state index in [-0.39, 0.29) is 28.7 Å². The number of aliphatic hydroxyl groups excluding tert-OH is 1. The third-order valence-corrected chi connectivity index (χ3v) is 7.59. The van der Waals surface area contributed by atoms with Gasteiger partial charge in [-0.25, -0.2) is 18.3 Å². The van der Waals surface area contributed by atoms with E-state index < -0.39 is 50.2 Å². The van der Waals surface area contributed by atoms with Crippen LogP contribution in [0.5, 0.6) is 5.75 Å². The highest BCUT2D eigenvalue weighted by Crippen LogP contribution is 2.52.